The first-order chi connectivity index (χ1) is 11.8. The van der Waals surface area contributed by atoms with Crippen LogP contribution in [0.25, 0.3) is 0 Å². The molecule has 0 saturated carbocycles. The topological polar surface area (TPSA) is 45.2 Å². The van der Waals surface area contributed by atoms with E-state index < -0.39 is 0 Å². The molecular formula is C19H30N2O3. The largest absolute Gasteiger partial charge is 0.491 e. The summed E-state index contributed by atoms with van der Waals surface area (Å²) in [4.78, 5) is 5.18. The van der Waals surface area contributed by atoms with E-state index in [-0.39, 0.29) is 6.61 Å². The van der Waals surface area contributed by atoms with Crippen molar-refractivity contribution in [3.8, 4) is 5.75 Å². The average molecular weight is 334 g/mol. The van der Waals surface area contributed by atoms with Gasteiger partial charge >= 0.3 is 0 Å². The Balaban J connectivity index is 1.58. The normalized spacial score (nSPS) is 23.3. The molecule has 134 valence electrons. The van der Waals surface area contributed by atoms with Gasteiger partial charge in [-0.2, -0.15) is 0 Å². The summed E-state index contributed by atoms with van der Waals surface area (Å²) in [6.07, 6.45) is 3.92. The highest BCUT2D eigenvalue weighted by Gasteiger charge is 2.25. The fraction of sp³-hybridized carbons (Fsp3) is 0.684. The summed E-state index contributed by atoms with van der Waals surface area (Å²) in [5.41, 5.74) is 1.29. The molecule has 0 bridgehead atoms. The van der Waals surface area contributed by atoms with Crippen LogP contribution in [0.1, 0.15) is 24.8 Å². The molecule has 5 heteroatoms. The Bertz CT molecular complexity index is 491. The van der Waals surface area contributed by atoms with Crippen molar-refractivity contribution in [1.82, 2.24) is 9.80 Å². The fourth-order valence-electron chi connectivity index (χ4n) is 3.69. The predicted octanol–water partition coefficient (Wildman–Crippen LogP) is 1.74. The van der Waals surface area contributed by atoms with Gasteiger partial charge in [0.05, 0.1) is 19.8 Å². The Morgan fingerprint density at radius 3 is 2.88 bits per heavy atom. The number of nitrogens with zero attached hydrogens (tertiary/aromatic N) is 2. The van der Waals surface area contributed by atoms with Gasteiger partial charge in [-0.25, -0.2) is 0 Å². The standard InChI is InChI=1S/C19H30N2O3/c22-10-13-24-19-6-3-4-17(14-19)15-21-7-2-1-5-18(21)16-20-8-11-23-12-9-20/h3-4,6,14,18,22H,1-2,5,7-13,15-16H2. The molecule has 5 nitrogen and oxygen atoms in total. The molecule has 1 N–H and O–H groups in total. The molecule has 0 spiro atoms. The van der Waals surface area contributed by atoms with E-state index in [1.165, 1.54) is 31.4 Å². The first kappa shape index (κ1) is 17.7. The second kappa shape index (κ2) is 9.37. The van der Waals surface area contributed by atoms with Gasteiger partial charge in [0.1, 0.15) is 12.4 Å². The molecule has 0 radical (unpaired) electrons. The molecule has 0 amide bonds. The number of morpholine rings is 1. The molecule has 0 aromatic heterocycles. The van der Waals surface area contributed by atoms with Crippen molar-refractivity contribution < 1.29 is 14.6 Å². The third-order valence-electron chi connectivity index (χ3n) is 4.97. The van der Waals surface area contributed by atoms with Crippen molar-refractivity contribution in [3.05, 3.63) is 29.8 Å². The van der Waals surface area contributed by atoms with E-state index in [9.17, 15) is 0 Å². The minimum absolute atomic E-state index is 0.0535. The lowest BCUT2D eigenvalue weighted by Gasteiger charge is -2.39. The fourth-order valence-corrected chi connectivity index (χ4v) is 3.69. The molecule has 2 saturated heterocycles. The number of hydrogen-bond acceptors (Lipinski definition) is 5. The van der Waals surface area contributed by atoms with Gasteiger partial charge < -0.3 is 14.6 Å². The van der Waals surface area contributed by atoms with Crippen molar-refractivity contribution in [2.45, 2.75) is 31.8 Å². The number of aliphatic hydroxyl groups is 1. The molecule has 2 aliphatic heterocycles. The summed E-state index contributed by atoms with van der Waals surface area (Å²) in [5.74, 6) is 0.850. The van der Waals surface area contributed by atoms with Gasteiger partial charge in [-0.15, -0.1) is 0 Å². The number of piperidine rings is 1. The summed E-state index contributed by atoms with van der Waals surface area (Å²) in [6, 6.07) is 8.92. The van der Waals surface area contributed by atoms with Crippen LogP contribution in [0.15, 0.2) is 24.3 Å². The Morgan fingerprint density at radius 2 is 2.04 bits per heavy atom. The van der Waals surface area contributed by atoms with Gasteiger partial charge in [0.25, 0.3) is 0 Å². The lowest BCUT2D eigenvalue weighted by Crippen LogP contribution is -2.49. The van der Waals surface area contributed by atoms with Crippen LogP contribution in [-0.2, 0) is 11.3 Å². The van der Waals surface area contributed by atoms with Gasteiger partial charge in [0.2, 0.25) is 0 Å². The van der Waals surface area contributed by atoms with E-state index in [0.717, 1.165) is 45.1 Å². The highest BCUT2D eigenvalue weighted by Crippen LogP contribution is 2.22. The van der Waals surface area contributed by atoms with E-state index in [2.05, 4.69) is 21.9 Å². The maximum Gasteiger partial charge on any atom is 0.119 e. The van der Waals surface area contributed by atoms with E-state index in [1.807, 2.05) is 12.1 Å². The number of hydrogen-bond donors (Lipinski definition) is 1. The van der Waals surface area contributed by atoms with Crippen molar-refractivity contribution >= 4 is 0 Å². The Kier molecular flexibility index (Phi) is 6.90. The third-order valence-corrected chi connectivity index (χ3v) is 4.97. The van der Waals surface area contributed by atoms with Crippen molar-refractivity contribution in [1.29, 1.82) is 0 Å². The monoisotopic (exact) mass is 334 g/mol. The summed E-state index contributed by atoms with van der Waals surface area (Å²) < 4.78 is 11.0. The van der Waals surface area contributed by atoms with Crippen molar-refractivity contribution in [3.63, 3.8) is 0 Å². The molecular weight excluding hydrogens is 304 g/mol. The van der Waals surface area contributed by atoms with Crippen LogP contribution in [0.4, 0.5) is 0 Å². The minimum atomic E-state index is 0.0535. The average Bonchev–Trinajstić information content (AvgIpc) is 2.63. The van der Waals surface area contributed by atoms with Crippen molar-refractivity contribution in [2.75, 3.05) is 52.6 Å². The summed E-state index contributed by atoms with van der Waals surface area (Å²) in [7, 11) is 0. The van der Waals surface area contributed by atoms with Crippen LogP contribution < -0.4 is 4.74 Å². The quantitative estimate of drug-likeness (QED) is 0.823. The van der Waals surface area contributed by atoms with Gasteiger partial charge in [0, 0.05) is 32.2 Å². The summed E-state index contributed by atoms with van der Waals surface area (Å²) >= 11 is 0. The molecule has 2 aliphatic rings. The van der Waals surface area contributed by atoms with Gasteiger partial charge in [-0.3, -0.25) is 9.80 Å². The molecule has 1 aromatic rings. The first-order valence-corrected chi connectivity index (χ1v) is 9.22. The molecule has 2 heterocycles. The highest BCUT2D eigenvalue weighted by molar-refractivity contribution is 5.28. The van der Waals surface area contributed by atoms with E-state index in [4.69, 9.17) is 14.6 Å². The zero-order chi connectivity index (χ0) is 16.6. The van der Waals surface area contributed by atoms with Crippen molar-refractivity contribution in [2.24, 2.45) is 0 Å². The number of rotatable bonds is 7. The van der Waals surface area contributed by atoms with E-state index in [1.54, 1.807) is 0 Å². The van der Waals surface area contributed by atoms with Crippen LogP contribution in [0.3, 0.4) is 0 Å². The first-order valence-electron chi connectivity index (χ1n) is 9.22. The number of aliphatic hydroxyl groups excluding tert-OH is 1. The molecule has 1 aromatic carbocycles. The summed E-state index contributed by atoms with van der Waals surface area (Å²) in [6.45, 7) is 7.59. The zero-order valence-corrected chi connectivity index (χ0v) is 14.5. The van der Waals surface area contributed by atoms with Gasteiger partial charge in [0.15, 0.2) is 0 Å². The smallest absolute Gasteiger partial charge is 0.119 e. The molecule has 0 aliphatic carbocycles. The Morgan fingerprint density at radius 1 is 1.17 bits per heavy atom. The number of ether oxygens (including phenoxy) is 2. The maximum absolute atomic E-state index is 8.90. The Hall–Kier alpha value is -1.14. The maximum atomic E-state index is 8.90. The van der Waals surface area contributed by atoms with Gasteiger partial charge in [-0.1, -0.05) is 18.6 Å². The molecule has 1 atom stereocenters. The van der Waals surface area contributed by atoms with Crippen LogP contribution in [0, 0.1) is 0 Å². The van der Waals surface area contributed by atoms with E-state index >= 15 is 0 Å². The zero-order valence-electron chi connectivity index (χ0n) is 14.5. The summed E-state index contributed by atoms with van der Waals surface area (Å²) in [5, 5.41) is 8.90. The molecule has 24 heavy (non-hydrogen) atoms. The lowest BCUT2D eigenvalue weighted by atomic mass is 10.0. The van der Waals surface area contributed by atoms with Crippen LogP contribution >= 0.6 is 0 Å². The molecule has 1 unspecified atom stereocenters. The lowest BCUT2D eigenvalue weighted by molar-refractivity contribution is 0.0153. The number of benzene rings is 1. The van der Waals surface area contributed by atoms with Crippen LogP contribution in [0.2, 0.25) is 0 Å². The highest BCUT2D eigenvalue weighted by atomic mass is 16.5. The molecule has 3 rings (SSSR count). The van der Waals surface area contributed by atoms with Crippen LogP contribution in [-0.4, -0.2) is 73.6 Å². The van der Waals surface area contributed by atoms with Gasteiger partial charge in [-0.05, 0) is 37.1 Å². The second-order valence-corrected chi connectivity index (χ2v) is 6.75. The van der Waals surface area contributed by atoms with E-state index in [0.29, 0.717) is 12.6 Å². The minimum Gasteiger partial charge on any atom is -0.491 e. The third kappa shape index (κ3) is 5.18. The second-order valence-electron chi connectivity index (χ2n) is 6.75. The van der Waals surface area contributed by atoms with Crippen LogP contribution in [0.5, 0.6) is 5.75 Å². The predicted molar refractivity (Wildman–Crippen MR) is 94.3 cm³/mol. The number of likely N-dealkylation sites (tertiary alicyclic amines) is 1. The Labute approximate surface area is 145 Å². The SMILES string of the molecule is OCCOc1cccc(CN2CCCCC2CN2CCOCC2)c1. The molecule has 2 fully saturated rings.